The van der Waals surface area contributed by atoms with Crippen LogP contribution in [0.3, 0.4) is 0 Å². The van der Waals surface area contributed by atoms with Crippen molar-refractivity contribution in [1.82, 2.24) is 19.5 Å². The van der Waals surface area contributed by atoms with Crippen LogP contribution in [0.25, 0.3) is 22.3 Å². The quantitative estimate of drug-likeness (QED) is 0.728. The van der Waals surface area contributed by atoms with Crippen molar-refractivity contribution in [3.05, 3.63) is 35.7 Å². The Bertz CT molecular complexity index is 734. The highest BCUT2D eigenvalue weighted by molar-refractivity contribution is 6.32. The van der Waals surface area contributed by atoms with E-state index in [0.29, 0.717) is 10.7 Å². The highest BCUT2D eigenvalue weighted by Gasteiger charge is 2.09. The van der Waals surface area contributed by atoms with Crippen molar-refractivity contribution in [2.45, 2.75) is 0 Å². The van der Waals surface area contributed by atoms with Gasteiger partial charge in [0.2, 0.25) is 5.95 Å². The molecule has 0 spiro atoms. The summed E-state index contributed by atoms with van der Waals surface area (Å²) in [5.41, 5.74) is 7.92. The van der Waals surface area contributed by atoms with E-state index in [4.69, 9.17) is 17.3 Å². The fraction of sp³-hybridized carbons (Fsp3) is 0.0833. The van der Waals surface area contributed by atoms with Crippen molar-refractivity contribution in [3.8, 4) is 11.3 Å². The number of rotatable bonds is 1. The van der Waals surface area contributed by atoms with Crippen LogP contribution in [0.4, 0.5) is 5.95 Å². The third-order valence-corrected chi connectivity index (χ3v) is 3.02. The van der Waals surface area contributed by atoms with Crippen LogP contribution in [0.1, 0.15) is 0 Å². The zero-order valence-electron chi connectivity index (χ0n) is 9.63. The number of aryl methyl sites for hydroxylation is 1. The van der Waals surface area contributed by atoms with Crippen molar-refractivity contribution >= 4 is 28.6 Å². The number of nitrogen functional groups attached to an aromatic ring is 1. The maximum Gasteiger partial charge on any atom is 0.220 e. The normalized spacial score (nSPS) is 11.0. The van der Waals surface area contributed by atoms with Gasteiger partial charge in [0.1, 0.15) is 5.65 Å². The SMILES string of the molecule is Cn1ccc2cc(-c3nc(N)ncc3Cl)cnc21. The third kappa shape index (κ3) is 1.69. The Morgan fingerprint density at radius 1 is 1.28 bits per heavy atom. The Morgan fingerprint density at radius 2 is 2.11 bits per heavy atom. The molecule has 0 unspecified atom stereocenters. The Morgan fingerprint density at radius 3 is 2.94 bits per heavy atom. The molecule has 0 aliphatic heterocycles. The van der Waals surface area contributed by atoms with Crippen molar-refractivity contribution in [2.24, 2.45) is 7.05 Å². The molecular weight excluding hydrogens is 250 g/mol. The summed E-state index contributed by atoms with van der Waals surface area (Å²) < 4.78 is 1.95. The van der Waals surface area contributed by atoms with Gasteiger partial charge < -0.3 is 10.3 Å². The zero-order valence-corrected chi connectivity index (χ0v) is 10.4. The second-order valence-corrected chi connectivity index (χ2v) is 4.40. The summed E-state index contributed by atoms with van der Waals surface area (Å²) in [7, 11) is 1.95. The smallest absolute Gasteiger partial charge is 0.220 e. The van der Waals surface area contributed by atoms with Crippen LogP contribution in [0.2, 0.25) is 5.02 Å². The van der Waals surface area contributed by atoms with Gasteiger partial charge in [0.25, 0.3) is 0 Å². The molecule has 5 nitrogen and oxygen atoms in total. The molecule has 0 fully saturated rings. The molecule has 0 radical (unpaired) electrons. The molecule has 3 aromatic rings. The Balaban J connectivity index is 2.22. The Kier molecular flexibility index (Phi) is 2.41. The number of hydrogen-bond acceptors (Lipinski definition) is 4. The lowest BCUT2D eigenvalue weighted by Gasteiger charge is -2.04. The van der Waals surface area contributed by atoms with Crippen LogP contribution in [0.15, 0.2) is 30.7 Å². The van der Waals surface area contributed by atoms with Gasteiger partial charge >= 0.3 is 0 Å². The molecule has 0 aliphatic carbocycles. The van der Waals surface area contributed by atoms with Crippen LogP contribution < -0.4 is 5.73 Å². The molecule has 0 saturated carbocycles. The van der Waals surface area contributed by atoms with E-state index in [0.717, 1.165) is 16.6 Å². The van der Waals surface area contributed by atoms with E-state index in [-0.39, 0.29) is 5.95 Å². The van der Waals surface area contributed by atoms with E-state index >= 15 is 0 Å². The average molecular weight is 260 g/mol. The summed E-state index contributed by atoms with van der Waals surface area (Å²) in [6.07, 6.45) is 5.18. The van der Waals surface area contributed by atoms with Crippen LogP contribution in [-0.2, 0) is 7.05 Å². The molecule has 0 saturated heterocycles. The molecule has 90 valence electrons. The molecule has 0 amide bonds. The minimum Gasteiger partial charge on any atom is -0.368 e. The van der Waals surface area contributed by atoms with E-state index in [1.807, 2.05) is 29.9 Å². The van der Waals surface area contributed by atoms with Crippen molar-refractivity contribution in [3.63, 3.8) is 0 Å². The lowest BCUT2D eigenvalue weighted by atomic mass is 10.2. The molecule has 3 rings (SSSR count). The monoisotopic (exact) mass is 259 g/mol. The Hall–Kier alpha value is -2.14. The van der Waals surface area contributed by atoms with E-state index in [1.165, 1.54) is 6.20 Å². The second kappa shape index (κ2) is 3.96. The summed E-state index contributed by atoms with van der Waals surface area (Å²) in [5, 5.41) is 1.49. The molecular formula is C12H10ClN5. The number of nitrogens with zero attached hydrogens (tertiary/aromatic N) is 4. The first-order chi connectivity index (χ1) is 8.65. The molecule has 2 N–H and O–H groups in total. The minimum absolute atomic E-state index is 0.197. The number of fused-ring (bicyclic) bond motifs is 1. The molecule has 0 bridgehead atoms. The predicted octanol–water partition coefficient (Wildman–Crippen LogP) is 2.27. The molecule has 6 heteroatoms. The predicted molar refractivity (Wildman–Crippen MR) is 71.2 cm³/mol. The third-order valence-electron chi connectivity index (χ3n) is 2.74. The van der Waals surface area contributed by atoms with Gasteiger partial charge in [0.05, 0.1) is 16.9 Å². The highest BCUT2D eigenvalue weighted by Crippen LogP contribution is 2.27. The maximum absolute atomic E-state index is 6.07. The summed E-state index contributed by atoms with van der Waals surface area (Å²) in [4.78, 5) is 12.4. The van der Waals surface area contributed by atoms with Gasteiger partial charge in [0, 0.05) is 30.4 Å². The number of nitrogens with two attached hydrogens (primary N) is 1. The van der Waals surface area contributed by atoms with Gasteiger partial charge in [-0.1, -0.05) is 11.6 Å². The number of anilines is 1. The lowest BCUT2D eigenvalue weighted by molar-refractivity contribution is 0.948. The van der Waals surface area contributed by atoms with Crippen LogP contribution in [0.5, 0.6) is 0 Å². The zero-order chi connectivity index (χ0) is 12.7. The van der Waals surface area contributed by atoms with Gasteiger partial charge in [-0.15, -0.1) is 0 Å². The van der Waals surface area contributed by atoms with Crippen molar-refractivity contribution in [1.29, 1.82) is 0 Å². The summed E-state index contributed by atoms with van der Waals surface area (Å²) in [5.74, 6) is 0.197. The van der Waals surface area contributed by atoms with Gasteiger partial charge in [-0.25, -0.2) is 15.0 Å². The van der Waals surface area contributed by atoms with Crippen molar-refractivity contribution < 1.29 is 0 Å². The molecule has 0 atom stereocenters. The average Bonchev–Trinajstić information content (AvgIpc) is 2.74. The van der Waals surface area contributed by atoms with Gasteiger partial charge in [-0.05, 0) is 12.1 Å². The topological polar surface area (TPSA) is 69.6 Å². The van der Waals surface area contributed by atoms with Gasteiger partial charge in [-0.3, -0.25) is 0 Å². The van der Waals surface area contributed by atoms with Crippen LogP contribution >= 0.6 is 11.6 Å². The molecule has 3 aromatic heterocycles. The lowest BCUT2D eigenvalue weighted by Crippen LogP contribution is -1.97. The summed E-state index contributed by atoms with van der Waals surface area (Å²) in [6, 6.07) is 3.97. The van der Waals surface area contributed by atoms with E-state index in [2.05, 4.69) is 15.0 Å². The Labute approximate surface area is 108 Å². The molecule has 0 aliphatic rings. The fourth-order valence-corrected chi connectivity index (χ4v) is 2.07. The first-order valence-corrected chi connectivity index (χ1v) is 5.72. The second-order valence-electron chi connectivity index (χ2n) is 3.99. The van der Waals surface area contributed by atoms with E-state index < -0.39 is 0 Å². The van der Waals surface area contributed by atoms with E-state index in [1.54, 1.807) is 6.20 Å². The number of pyridine rings is 1. The maximum atomic E-state index is 6.07. The molecule has 0 aromatic carbocycles. The first kappa shape index (κ1) is 11.0. The molecule has 3 heterocycles. The number of aromatic nitrogens is 4. The highest BCUT2D eigenvalue weighted by atomic mass is 35.5. The molecule has 18 heavy (non-hydrogen) atoms. The van der Waals surface area contributed by atoms with Gasteiger partial charge in [0.15, 0.2) is 0 Å². The largest absolute Gasteiger partial charge is 0.368 e. The standard InChI is InChI=1S/C12H10ClN5/c1-18-3-2-7-4-8(5-15-11(7)18)10-9(13)6-16-12(14)17-10/h2-6H,1H3,(H2,14,16,17). The first-order valence-electron chi connectivity index (χ1n) is 5.34. The van der Waals surface area contributed by atoms with Crippen LogP contribution in [0, 0.1) is 0 Å². The number of hydrogen-bond donors (Lipinski definition) is 1. The van der Waals surface area contributed by atoms with Crippen molar-refractivity contribution in [2.75, 3.05) is 5.73 Å². The van der Waals surface area contributed by atoms with Crippen LogP contribution in [-0.4, -0.2) is 19.5 Å². The van der Waals surface area contributed by atoms with Gasteiger partial charge in [-0.2, -0.15) is 0 Å². The minimum atomic E-state index is 0.197. The fourth-order valence-electron chi connectivity index (χ4n) is 1.87. The van der Waals surface area contributed by atoms with E-state index in [9.17, 15) is 0 Å². The summed E-state index contributed by atoms with van der Waals surface area (Å²) in [6.45, 7) is 0. The summed E-state index contributed by atoms with van der Waals surface area (Å²) >= 11 is 6.07. The number of halogens is 1.